The summed E-state index contributed by atoms with van der Waals surface area (Å²) in [5.41, 5.74) is 5.63. The van der Waals surface area contributed by atoms with Crippen LogP contribution in [0.2, 0.25) is 0 Å². The molecule has 0 amide bonds. The molecule has 0 unspecified atom stereocenters. The van der Waals surface area contributed by atoms with E-state index in [4.69, 9.17) is 14.2 Å². The Kier molecular flexibility index (Phi) is 6.36. The lowest BCUT2D eigenvalue weighted by atomic mass is 9.78. The Hall–Kier alpha value is -3.93. The molecule has 0 saturated carbocycles. The van der Waals surface area contributed by atoms with Gasteiger partial charge in [0.2, 0.25) is 0 Å². The molecule has 35 heavy (non-hydrogen) atoms. The van der Waals surface area contributed by atoms with Gasteiger partial charge >= 0.3 is 0 Å². The van der Waals surface area contributed by atoms with Crippen LogP contribution in [0.4, 0.5) is 11.4 Å². The van der Waals surface area contributed by atoms with E-state index in [1.807, 2.05) is 73.7 Å². The summed E-state index contributed by atoms with van der Waals surface area (Å²) in [4.78, 5) is 13.8. The third-order valence-electron chi connectivity index (χ3n) is 6.72. The van der Waals surface area contributed by atoms with Gasteiger partial charge in [-0.3, -0.25) is 4.79 Å². The van der Waals surface area contributed by atoms with E-state index in [0.717, 1.165) is 39.5 Å². The summed E-state index contributed by atoms with van der Waals surface area (Å²) < 4.78 is 16.9. The molecule has 1 heterocycles. The fourth-order valence-corrected chi connectivity index (χ4v) is 5.07. The molecule has 3 aromatic rings. The van der Waals surface area contributed by atoms with Gasteiger partial charge in [0.05, 0.1) is 38.2 Å². The minimum Gasteiger partial charge on any atom is -0.494 e. The number of benzene rings is 3. The third kappa shape index (κ3) is 4.32. The summed E-state index contributed by atoms with van der Waals surface area (Å²) in [5, 5.41) is 7.23. The standard InChI is InChI=1S/C29H30N2O4/c1-4-35-25-12-8-5-9-20(25)29-28-23(30-21-10-6-7-11-22(21)31-29)15-19(16-24(28)32)18-13-14-26(33-2)27(17-18)34-3/h5-14,17,19,29-31H,4,15-16H2,1-3H3/t19-,29+/m0/s1. The van der Waals surface area contributed by atoms with Crippen LogP contribution in [0.25, 0.3) is 0 Å². The van der Waals surface area contributed by atoms with E-state index in [0.29, 0.717) is 30.9 Å². The average Bonchev–Trinajstić information content (AvgIpc) is 3.05. The zero-order valence-electron chi connectivity index (χ0n) is 20.3. The average molecular weight is 471 g/mol. The topological polar surface area (TPSA) is 68.8 Å². The maximum Gasteiger partial charge on any atom is 0.163 e. The van der Waals surface area contributed by atoms with Crippen molar-refractivity contribution < 1.29 is 19.0 Å². The summed E-state index contributed by atoms with van der Waals surface area (Å²) in [6.45, 7) is 2.53. The molecule has 0 spiro atoms. The van der Waals surface area contributed by atoms with Gasteiger partial charge in [-0.1, -0.05) is 36.4 Å². The van der Waals surface area contributed by atoms with Crippen molar-refractivity contribution in [1.82, 2.24) is 0 Å². The predicted molar refractivity (Wildman–Crippen MR) is 138 cm³/mol. The molecule has 6 nitrogen and oxygen atoms in total. The highest BCUT2D eigenvalue weighted by Gasteiger charge is 2.37. The van der Waals surface area contributed by atoms with E-state index < -0.39 is 0 Å². The molecule has 3 aromatic carbocycles. The van der Waals surface area contributed by atoms with E-state index in [1.165, 1.54) is 0 Å². The fraction of sp³-hybridized carbons (Fsp3) is 0.276. The number of fused-ring (bicyclic) bond motifs is 1. The number of ether oxygens (including phenoxy) is 3. The molecule has 0 saturated heterocycles. The van der Waals surface area contributed by atoms with Gasteiger partial charge in [-0.15, -0.1) is 0 Å². The van der Waals surface area contributed by atoms with E-state index in [-0.39, 0.29) is 17.7 Å². The highest BCUT2D eigenvalue weighted by atomic mass is 16.5. The van der Waals surface area contributed by atoms with Gasteiger partial charge in [-0.05, 0) is 55.2 Å². The summed E-state index contributed by atoms with van der Waals surface area (Å²) in [6.07, 6.45) is 1.13. The number of anilines is 2. The Morgan fingerprint density at radius 2 is 1.60 bits per heavy atom. The highest BCUT2D eigenvalue weighted by Crippen LogP contribution is 2.46. The molecule has 180 valence electrons. The molecular formula is C29H30N2O4. The molecule has 0 radical (unpaired) electrons. The number of methoxy groups -OCH3 is 2. The van der Waals surface area contributed by atoms with Crippen molar-refractivity contribution in [1.29, 1.82) is 0 Å². The maximum atomic E-state index is 13.8. The minimum atomic E-state index is -0.317. The van der Waals surface area contributed by atoms with Crippen LogP contribution >= 0.6 is 0 Å². The number of hydrogen-bond donors (Lipinski definition) is 2. The van der Waals surface area contributed by atoms with Gasteiger partial charge in [0, 0.05) is 23.3 Å². The van der Waals surface area contributed by atoms with E-state index >= 15 is 0 Å². The first-order valence-electron chi connectivity index (χ1n) is 11.9. The van der Waals surface area contributed by atoms with E-state index in [9.17, 15) is 4.79 Å². The van der Waals surface area contributed by atoms with Crippen molar-refractivity contribution in [3.05, 3.63) is 89.1 Å². The van der Waals surface area contributed by atoms with Crippen LogP contribution in [0.3, 0.4) is 0 Å². The van der Waals surface area contributed by atoms with E-state index in [2.05, 4.69) is 10.6 Å². The molecule has 1 aliphatic carbocycles. The van der Waals surface area contributed by atoms with Crippen LogP contribution in [0.15, 0.2) is 78.0 Å². The second kappa shape index (κ2) is 9.74. The third-order valence-corrected chi connectivity index (χ3v) is 6.72. The van der Waals surface area contributed by atoms with Gasteiger partial charge < -0.3 is 24.8 Å². The maximum absolute atomic E-state index is 13.8. The fourth-order valence-electron chi connectivity index (χ4n) is 5.07. The van der Waals surface area contributed by atoms with Crippen molar-refractivity contribution in [3.63, 3.8) is 0 Å². The lowest BCUT2D eigenvalue weighted by Crippen LogP contribution is -2.27. The largest absolute Gasteiger partial charge is 0.494 e. The molecule has 5 rings (SSSR count). The van der Waals surface area contributed by atoms with Gasteiger partial charge in [0.1, 0.15) is 5.75 Å². The molecule has 0 aromatic heterocycles. The van der Waals surface area contributed by atoms with Crippen molar-refractivity contribution in [2.75, 3.05) is 31.5 Å². The van der Waals surface area contributed by atoms with Crippen molar-refractivity contribution >= 4 is 17.2 Å². The van der Waals surface area contributed by atoms with Crippen LogP contribution < -0.4 is 24.8 Å². The van der Waals surface area contributed by atoms with Gasteiger partial charge in [0.25, 0.3) is 0 Å². The van der Waals surface area contributed by atoms with E-state index in [1.54, 1.807) is 14.2 Å². The Balaban J connectivity index is 1.60. The van der Waals surface area contributed by atoms with Crippen LogP contribution in [0.5, 0.6) is 17.2 Å². The zero-order chi connectivity index (χ0) is 24.4. The van der Waals surface area contributed by atoms with Crippen molar-refractivity contribution in [2.45, 2.75) is 31.7 Å². The van der Waals surface area contributed by atoms with Crippen LogP contribution in [-0.4, -0.2) is 26.6 Å². The quantitative estimate of drug-likeness (QED) is 0.455. The summed E-state index contributed by atoms with van der Waals surface area (Å²) in [7, 11) is 3.25. The lowest BCUT2D eigenvalue weighted by Gasteiger charge is -2.30. The second-order valence-electron chi connectivity index (χ2n) is 8.75. The van der Waals surface area contributed by atoms with Gasteiger partial charge in [-0.25, -0.2) is 0 Å². The summed E-state index contributed by atoms with van der Waals surface area (Å²) in [6, 6.07) is 21.6. The monoisotopic (exact) mass is 470 g/mol. The van der Waals surface area contributed by atoms with Crippen LogP contribution in [0, 0.1) is 0 Å². The number of carbonyl (C=O) groups is 1. The smallest absolute Gasteiger partial charge is 0.163 e. The first-order chi connectivity index (χ1) is 17.1. The number of Topliss-reactive ketones (excluding diaryl/α,β-unsaturated/α-hetero) is 1. The number of allylic oxidation sites excluding steroid dienone is 1. The SMILES string of the molecule is CCOc1ccccc1[C@H]1Nc2ccccc2NC2=C1C(=O)C[C@@H](c1ccc(OC)c(OC)c1)C2. The van der Waals surface area contributed by atoms with Crippen LogP contribution in [0.1, 0.15) is 42.9 Å². The highest BCUT2D eigenvalue weighted by molar-refractivity contribution is 6.01. The van der Waals surface area contributed by atoms with Gasteiger partial charge in [-0.2, -0.15) is 0 Å². The first kappa shape index (κ1) is 22.8. The molecule has 2 atom stereocenters. The van der Waals surface area contributed by atoms with Crippen molar-refractivity contribution in [3.8, 4) is 17.2 Å². The number of para-hydroxylation sites is 3. The van der Waals surface area contributed by atoms with Crippen molar-refractivity contribution in [2.24, 2.45) is 0 Å². The molecule has 6 heteroatoms. The Morgan fingerprint density at radius 1 is 0.857 bits per heavy atom. The lowest BCUT2D eigenvalue weighted by molar-refractivity contribution is -0.116. The second-order valence-corrected chi connectivity index (χ2v) is 8.75. The molecule has 1 aliphatic heterocycles. The number of carbonyl (C=O) groups excluding carboxylic acids is 1. The Labute approximate surface area is 205 Å². The number of nitrogens with one attached hydrogen (secondary N) is 2. The van der Waals surface area contributed by atoms with Crippen LogP contribution in [-0.2, 0) is 4.79 Å². The molecule has 2 aliphatic rings. The molecule has 2 N–H and O–H groups in total. The molecular weight excluding hydrogens is 440 g/mol. The zero-order valence-corrected chi connectivity index (χ0v) is 20.3. The summed E-state index contributed by atoms with van der Waals surface area (Å²) >= 11 is 0. The minimum absolute atomic E-state index is 0.0293. The summed E-state index contributed by atoms with van der Waals surface area (Å²) in [5.74, 6) is 2.28. The molecule has 0 bridgehead atoms. The van der Waals surface area contributed by atoms with Gasteiger partial charge in [0.15, 0.2) is 17.3 Å². The Morgan fingerprint density at radius 3 is 2.37 bits per heavy atom. The number of rotatable bonds is 6. The normalized spacial score (nSPS) is 19.0. The Bertz CT molecular complexity index is 1280. The predicted octanol–water partition coefficient (Wildman–Crippen LogP) is 6.08. The number of ketones is 1. The molecule has 0 fully saturated rings. The first-order valence-corrected chi connectivity index (χ1v) is 11.9. The number of hydrogen-bond acceptors (Lipinski definition) is 6.